The van der Waals surface area contributed by atoms with Crippen molar-refractivity contribution >= 4 is 23.5 Å². The number of rotatable bonds is 9. The van der Waals surface area contributed by atoms with Crippen molar-refractivity contribution < 1.29 is 24.2 Å². The maximum absolute atomic E-state index is 12.2. The minimum atomic E-state index is -0.959. The van der Waals surface area contributed by atoms with Crippen molar-refractivity contribution in [2.45, 2.75) is 12.8 Å². The van der Waals surface area contributed by atoms with Gasteiger partial charge in [0.1, 0.15) is 5.75 Å². The van der Waals surface area contributed by atoms with Crippen LogP contribution in [0.4, 0.5) is 0 Å². The highest BCUT2D eigenvalue weighted by Gasteiger charge is 2.13. The van der Waals surface area contributed by atoms with Crippen molar-refractivity contribution in [1.29, 1.82) is 0 Å². The summed E-state index contributed by atoms with van der Waals surface area (Å²) in [6.45, 7) is -0.290. The minimum Gasteiger partial charge on any atom is -0.496 e. The number of nitrogens with one attached hydrogen (secondary N) is 2. The van der Waals surface area contributed by atoms with Crippen LogP contribution in [0.2, 0.25) is 0 Å². The van der Waals surface area contributed by atoms with Gasteiger partial charge in [-0.1, -0.05) is 42.5 Å². The fraction of sp³-hybridized carbons (Fsp3) is 0.200. The molecule has 0 fully saturated rings. The molecule has 0 radical (unpaired) electrons. The Morgan fingerprint density at radius 2 is 1.68 bits per heavy atom. The van der Waals surface area contributed by atoms with E-state index in [9.17, 15) is 14.4 Å². The fourth-order valence-electron chi connectivity index (χ4n) is 2.38. The number of amides is 2. The van der Waals surface area contributed by atoms with Gasteiger partial charge in [0.15, 0.2) is 0 Å². The van der Waals surface area contributed by atoms with Gasteiger partial charge in [-0.25, -0.2) is 5.43 Å². The number of carbonyl (C=O) groups is 3. The number of hydrazone groups is 1. The Morgan fingerprint density at radius 3 is 2.36 bits per heavy atom. The Balaban J connectivity index is 1.97. The molecule has 146 valence electrons. The number of hydrogen-bond donors (Lipinski definition) is 3. The molecule has 0 aliphatic carbocycles. The summed E-state index contributed by atoms with van der Waals surface area (Å²) < 4.78 is 5.12. The van der Waals surface area contributed by atoms with Crippen LogP contribution in [0.15, 0.2) is 59.7 Å². The summed E-state index contributed by atoms with van der Waals surface area (Å²) in [5.41, 5.74) is 3.81. The number of ether oxygens (including phenoxy) is 1. The van der Waals surface area contributed by atoms with Crippen LogP contribution >= 0.6 is 0 Å². The van der Waals surface area contributed by atoms with Crippen LogP contribution in [0.25, 0.3) is 0 Å². The van der Waals surface area contributed by atoms with Crippen molar-refractivity contribution in [3.05, 3.63) is 65.7 Å². The van der Waals surface area contributed by atoms with Gasteiger partial charge in [-0.05, 0) is 17.7 Å². The minimum absolute atomic E-state index is 0.117. The normalized spacial score (nSPS) is 10.8. The lowest BCUT2D eigenvalue weighted by Gasteiger charge is -2.09. The first kappa shape index (κ1) is 20.6. The number of para-hydroxylation sites is 1. The number of benzene rings is 2. The second-order valence-electron chi connectivity index (χ2n) is 5.74. The maximum atomic E-state index is 12.2. The molecule has 0 heterocycles. The summed E-state index contributed by atoms with van der Waals surface area (Å²) in [6, 6.07) is 15.6. The lowest BCUT2D eigenvalue weighted by molar-refractivity contribution is -0.136. The van der Waals surface area contributed by atoms with Crippen LogP contribution in [0.1, 0.15) is 28.8 Å². The van der Waals surface area contributed by atoms with Crippen LogP contribution in [-0.4, -0.2) is 42.3 Å². The summed E-state index contributed by atoms with van der Waals surface area (Å²) in [6.07, 6.45) is 0.0430. The number of hydrogen-bond acceptors (Lipinski definition) is 5. The zero-order valence-electron chi connectivity index (χ0n) is 15.3. The lowest BCUT2D eigenvalue weighted by Crippen LogP contribution is -2.35. The highest BCUT2D eigenvalue weighted by molar-refractivity contribution is 6.02. The highest BCUT2D eigenvalue weighted by Crippen LogP contribution is 2.16. The number of methoxy groups -OCH3 is 1. The molecule has 0 saturated heterocycles. The van der Waals surface area contributed by atoms with Gasteiger partial charge in [-0.15, -0.1) is 0 Å². The largest absolute Gasteiger partial charge is 0.496 e. The third-order valence-electron chi connectivity index (χ3n) is 3.76. The highest BCUT2D eigenvalue weighted by atomic mass is 16.5. The molecule has 0 spiro atoms. The molecule has 0 aromatic heterocycles. The van der Waals surface area contributed by atoms with E-state index in [1.807, 2.05) is 6.07 Å². The van der Waals surface area contributed by atoms with E-state index < -0.39 is 17.8 Å². The number of carboxylic acid groups (broad SMARTS) is 1. The van der Waals surface area contributed by atoms with Gasteiger partial charge in [0.2, 0.25) is 0 Å². The molecular formula is C20H21N3O5. The third kappa shape index (κ3) is 6.24. The van der Waals surface area contributed by atoms with Gasteiger partial charge in [-0.2, -0.15) is 5.10 Å². The first-order chi connectivity index (χ1) is 13.5. The van der Waals surface area contributed by atoms with Gasteiger partial charge < -0.3 is 15.2 Å². The van der Waals surface area contributed by atoms with Crippen LogP contribution in [0.5, 0.6) is 5.75 Å². The van der Waals surface area contributed by atoms with Crippen molar-refractivity contribution in [2.75, 3.05) is 13.7 Å². The van der Waals surface area contributed by atoms with Crippen LogP contribution in [0, 0.1) is 0 Å². The first-order valence-electron chi connectivity index (χ1n) is 8.55. The molecule has 0 aliphatic rings. The second kappa shape index (κ2) is 10.5. The molecule has 0 bridgehead atoms. The number of nitrogens with zero attached hydrogens (tertiary/aromatic N) is 1. The van der Waals surface area contributed by atoms with Crippen LogP contribution in [-0.2, 0) is 9.59 Å². The van der Waals surface area contributed by atoms with Gasteiger partial charge in [0.25, 0.3) is 11.8 Å². The average molecular weight is 383 g/mol. The van der Waals surface area contributed by atoms with E-state index in [4.69, 9.17) is 9.84 Å². The standard InChI is InChI=1S/C20H21N3O5/c1-28-17-10-6-5-9-15(17)20(27)21-13-18(24)23-22-16(11-12-19(25)26)14-7-3-2-4-8-14/h2-10H,11-13H2,1H3,(H,21,27)(H,23,24)(H,25,26)/b22-16+. The van der Waals surface area contributed by atoms with Gasteiger partial charge >= 0.3 is 5.97 Å². The molecule has 2 aromatic carbocycles. The third-order valence-corrected chi connectivity index (χ3v) is 3.76. The van der Waals surface area contributed by atoms with Crippen LogP contribution in [0.3, 0.4) is 0 Å². The van der Waals surface area contributed by atoms with E-state index in [0.29, 0.717) is 22.6 Å². The topological polar surface area (TPSA) is 117 Å². The number of carboxylic acids is 1. The molecule has 28 heavy (non-hydrogen) atoms. The molecule has 2 aromatic rings. The van der Waals surface area contributed by atoms with Crippen molar-refractivity contribution in [1.82, 2.24) is 10.7 Å². The summed E-state index contributed by atoms with van der Waals surface area (Å²) in [7, 11) is 1.45. The van der Waals surface area contributed by atoms with Crippen molar-refractivity contribution in [3.8, 4) is 5.75 Å². The molecule has 8 heteroatoms. The molecule has 0 saturated carbocycles. The summed E-state index contributed by atoms with van der Waals surface area (Å²) in [4.78, 5) is 35.1. The van der Waals surface area contributed by atoms with Crippen molar-refractivity contribution in [3.63, 3.8) is 0 Å². The van der Waals surface area contributed by atoms with Crippen molar-refractivity contribution in [2.24, 2.45) is 5.10 Å². The molecule has 2 amide bonds. The molecule has 3 N–H and O–H groups in total. The second-order valence-corrected chi connectivity index (χ2v) is 5.74. The Hall–Kier alpha value is -3.68. The van der Waals surface area contributed by atoms with E-state index in [-0.39, 0.29) is 19.4 Å². The fourth-order valence-corrected chi connectivity index (χ4v) is 2.38. The quantitative estimate of drug-likeness (QED) is 0.451. The molecule has 0 atom stereocenters. The lowest BCUT2D eigenvalue weighted by atomic mass is 10.1. The summed E-state index contributed by atoms with van der Waals surface area (Å²) >= 11 is 0. The molecular weight excluding hydrogens is 362 g/mol. The molecule has 0 aliphatic heterocycles. The van der Waals surface area contributed by atoms with E-state index in [0.717, 1.165) is 0 Å². The van der Waals surface area contributed by atoms with Gasteiger partial charge in [0.05, 0.1) is 31.4 Å². The number of carbonyl (C=O) groups excluding carboxylic acids is 2. The Morgan fingerprint density at radius 1 is 1.00 bits per heavy atom. The smallest absolute Gasteiger partial charge is 0.303 e. The maximum Gasteiger partial charge on any atom is 0.303 e. The van der Waals surface area contributed by atoms with E-state index in [2.05, 4.69) is 15.8 Å². The predicted octanol–water partition coefficient (Wildman–Crippen LogP) is 1.81. The first-order valence-corrected chi connectivity index (χ1v) is 8.55. The zero-order valence-corrected chi connectivity index (χ0v) is 15.3. The monoisotopic (exact) mass is 383 g/mol. The van der Waals surface area contributed by atoms with E-state index >= 15 is 0 Å². The van der Waals surface area contributed by atoms with Gasteiger partial charge in [-0.3, -0.25) is 14.4 Å². The summed E-state index contributed by atoms with van der Waals surface area (Å²) in [5.74, 6) is -1.55. The van der Waals surface area contributed by atoms with Crippen LogP contribution < -0.4 is 15.5 Å². The SMILES string of the molecule is COc1ccccc1C(=O)NCC(=O)N/N=C(\CCC(=O)O)c1ccccc1. The molecule has 2 rings (SSSR count). The zero-order chi connectivity index (χ0) is 20.4. The van der Waals surface area contributed by atoms with E-state index in [1.54, 1.807) is 48.5 Å². The van der Waals surface area contributed by atoms with E-state index in [1.165, 1.54) is 7.11 Å². The predicted molar refractivity (Wildman–Crippen MR) is 103 cm³/mol. The Labute approximate surface area is 162 Å². The molecule has 8 nitrogen and oxygen atoms in total. The Bertz CT molecular complexity index is 865. The molecule has 0 unspecified atom stereocenters. The average Bonchev–Trinajstić information content (AvgIpc) is 2.72. The number of aliphatic carboxylic acids is 1. The Kier molecular flexibility index (Phi) is 7.71. The van der Waals surface area contributed by atoms with Gasteiger partial charge in [0, 0.05) is 6.42 Å². The summed E-state index contributed by atoms with van der Waals surface area (Å²) in [5, 5.41) is 15.4.